The molecule has 1 aromatic heterocycles. The number of hydrogen-bond acceptors (Lipinski definition) is 6. The zero-order chi connectivity index (χ0) is 22.7. The standard InChI is InChI=1S/C22H22F3N3O3S/c1-30-17-6-7-18-19(12-17)32-21(27-18)28-10-8-15(9-11-28)20(29)26-13-14-2-4-16(5-3-14)31-22(23,24)25/h2-7,12,15H,8-11,13H2,1H3,(H,26,29). The van der Waals surface area contributed by atoms with E-state index in [0.29, 0.717) is 18.4 Å². The lowest BCUT2D eigenvalue weighted by atomic mass is 9.96. The van der Waals surface area contributed by atoms with Gasteiger partial charge in [0.25, 0.3) is 0 Å². The van der Waals surface area contributed by atoms with Gasteiger partial charge in [-0.05, 0) is 48.7 Å². The molecular formula is C22H22F3N3O3S. The van der Waals surface area contributed by atoms with Gasteiger partial charge in [-0.2, -0.15) is 0 Å². The molecule has 0 radical (unpaired) electrons. The molecule has 2 heterocycles. The number of aromatic nitrogens is 1. The van der Waals surface area contributed by atoms with E-state index in [-0.39, 0.29) is 24.1 Å². The number of ether oxygens (including phenoxy) is 2. The molecule has 0 aliphatic carbocycles. The van der Waals surface area contributed by atoms with Crippen LogP contribution < -0.4 is 19.7 Å². The normalized spacial score (nSPS) is 15.1. The molecule has 2 aromatic carbocycles. The Morgan fingerprint density at radius 1 is 1.16 bits per heavy atom. The lowest BCUT2D eigenvalue weighted by Crippen LogP contribution is -2.40. The van der Waals surface area contributed by atoms with E-state index >= 15 is 0 Å². The highest BCUT2D eigenvalue weighted by Crippen LogP contribution is 2.33. The van der Waals surface area contributed by atoms with Crippen LogP contribution in [0.5, 0.6) is 11.5 Å². The van der Waals surface area contributed by atoms with Crippen molar-refractivity contribution in [1.29, 1.82) is 0 Å². The predicted octanol–water partition coefficient (Wildman–Crippen LogP) is 4.74. The van der Waals surface area contributed by atoms with E-state index in [1.807, 2.05) is 18.2 Å². The third-order valence-corrected chi connectivity index (χ3v) is 6.42. The molecule has 0 saturated carbocycles. The van der Waals surface area contributed by atoms with Crippen LogP contribution in [0, 0.1) is 5.92 Å². The summed E-state index contributed by atoms with van der Waals surface area (Å²) < 4.78 is 46.9. The van der Waals surface area contributed by atoms with Crippen LogP contribution in [-0.2, 0) is 11.3 Å². The number of alkyl halides is 3. The minimum atomic E-state index is -4.72. The number of methoxy groups -OCH3 is 1. The Bertz CT molecular complexity index is 1080. The highest BCUT2D eigenvalue weighted by molar-refractivity contribution is 7.22. The predicted molar refractivity (Wildman–Crippen MR) is 116 cm³/mol. The number of amides is 1. The fourth-order valence-corrected chi connectivity index (χ4v) is 4.68. The molecule has 1 saturated heterocycles. The molecule has 3 aromatic rings. The number of nitrogens with zero attached hydrogens (tertiary/aromatic N) is 2. The lowest BCUT2D eigenvalue weighted by Gasteiger charge is -2.31. The molecule has 0 bridgehead atoms. The Kier molecular flexibility index (Phi) is 6.40. The summed E-state index contributed by atoms with van der Waals surface area (Å²) in [5.74, 6) is 0.363. The fourth-order valence-electron chi connectivity index (χ4n) is 3.63. The zero-order valence-electron chi connectivity index (χ0n) is 17.3. The van der Waals surface area contributed by atoms with Crippen LogP contribution in [0.3, 0.4) is 0 Å². The number of hydrogen-bond donors (Lipinski definition) is 1. The average Bonchev–Trinajstić information content (AvgIpc) is 3.21. The van der Waals surface area contributed by atoms with Gasteiger partial charge in [-0.15, -0.1) is 13.2 Å². The summed E-state index contributed by atoms with van der Waals surface area (Å²) in [6.45, 7) is 1.72. The minimum absolute atomic E-state index is 0.0469. The number of piperidine rings is 1. The number of carbonyl (C=O) groups is 1. The number of anilines is 1. The largest absolute Gasteiger partial charge is 0.573 e. The van der Waals surface area contributed by atoms with Gasteiger partial charge in [-0.25, -0.2) is 4.98 Å². The highest BCUT2D eigenvalue weighted by atomic mass is 32.1. The number of rotatable bonds is 6. The first kappa shape index (κ1) is 22.2. The molecule has 32 heavy (non-hydrogen) atoms. The molecule has 4 rings (SSSR count). The first-order valence-corrected chi connectivity index (χ1v) is 10.9. The van der Waals surface area contributed by atoms with Gasteiger partial charge in [-0.3, -0.25) is 4.79 Å². The number of carbonyl (C=O) groups excluding carboxylic acids is 1. The fraction of sp³-hybridized carbons (Fsp3) is 0.364. The Morgan fingerprint density at radius 3 is 2.50 bits per heavy atom. The Balaban J connectivity index is 1.27. The third kappa shape index (κ3) is 5.42. The maximum atomic E-state index is 12.6. The maximum Gasteiger partial charge on any atom is 0.573 e. The zero-order valence-corrected chi connectivity index (χ0v) is 18.1. The quantitative estimate of drug-likeness (QED) is 0.570. The second kappa shape index (κ2) is 9.23. The van der Waals surface area contributed by atoms with Crippen molar-refractivity contribution in [2.24, 2.45) is 5.92 Å². The van der Waals surface area contributed by atoms with Crippen LogP contribution in [0.25, 0.3) is 10.2 Å². The smallest absolute Gasteiger partial charge is 0.497 e. The van der Waals surface area contributed by atoms with E-state index in [0.717, 1.165) is 34.2 Å². The van der Waals surface area contributed by atoms with Gasteiger partial charge in [-0.1, -0.05) is 23.5 Å². The molecular weight excluding hydrogens is 443 g/mol. The van der Waals surface area contributed by atoms with Crippen LogP contribution in [0.2, 0.25) is 0 Å². The van der Waals surface area contributed by atoms with Gasteiger partial charge >= 0.3 is 6.36 Å². The Hall–Kier alpha value is -3.01. The first-order chi connectivity index (χ1) is 15.3. The summed E-state index contributed by atoms with van der Waals surface area (Å²) in [4.78, 5) is 19.4. The molecule has 1 aliphatic rings. The summed E-state index contributed by atoms with van der Waals surface area (Å²) in [5.41, 5.74) is 1.63. The van der Waals surface area contributed by atoms with Crippen molar-refractivity contribution >= 4 is 32.6 Å². The number of fused-ring (bicyclic) bond motifs is 1. The van der Waals surface area contributed by atoms with Gasteiger partial charge in [0.05, 0.1) is 17.3 Å². The molecule has 1 amide bonds. The van der Waals surface area contributed by atoms with Crippen molar-refractivity contribution in [3.63, 3.8) is 0 Å². The van der Waals surface area contributed by atoms with Crippen LogP contribution in [-0.4, -0.2) is 37.5 Å². The summed E-state index contributed by atoms with van der Waals surface area (Å²) in [5, 5.41) is 3.82. The highest BCUT2D eigenvalue weighted by Gasteiger charge is 2.31. The number of halogens is 3. The number of nitrogens with one attached hydrogen (secondary N) is 1. The average molecular weight is 465 g/mol. The van der Waals surface area contributed by atoms with Crippen molar-refractivity contribution in [3.8, 4) is 11.5 Å². The van der Waals surface area contributed by atoms with Crippen LogP contribution >= 0.6 is 11.3 Å². The topological polar surface area (TPSA) is 63.7 Å². The first-order valence-electron chi connectivity index (χ1n) is 10.1. The molecule has 10 heteroatoms. The number of thiazole rings is 1. The molecule has 170 valence electrons. The monoisotopic (exact) mass is 465 g/mol. The van der Waals surface area contributed by atoms with E-state index in [1.165, 1.54) is 24.3 Å². The van der Waals surface area contributed by atoms with Crippen molar-refractivity contribution in [2.45, 2.75) is 25.7 Å². The van der Waals surface area contributed by atoms with Gasteiger partial charge < -0.3 is 19.7 Å². The molecule has 0 spiro atoms. The Morgan fingerprint density at radius 2 is 1.84 bits per heavy atom. The molecule has 0 unspecified atom stereocenters. The molecule has 1 N–H and O–H groups in total. The van der Waals surface area contributed by atoms with Gasteiger partial charge in [0.1, 0.15) is 11.5 Å². The summed E-state index contributed by atoms with van der Waals surface area (Å²) >= 11 is 1.61. The maximum absolute atomic E-state index is 12.6. The molecule has 1 aliphatic heterocycles. The Labute approximate surface area is 187 Å². The van der Waals surface area contributed by atoms with Crippen LogP contribution in [0.1, 0.15) is 18.4 Å². The van der Waals surface area contributed by atoms with E-state index in [9.17, 15) is 18.0 Å². The SMILES string of the molecule is COc1ccc2nc(N3CCC(C(=O)NCc4ccc(OC(F)(F)F)cc4)CC3)sc2c1. The minimum Gasteiger partial charge on any atom is -0.497 e. The van der Waals surface area contributed by atoms with Gasteiger partial charge in [0.2, 0.25) is 5.91 Å². The van der Waals surface area contributed by atoms with Crippen molar-refractivity contribution in [3.05, 3.63) is 48.0 Å². The van der Waals surface area contributed by atoms with Crippen molar-refractivity contribution in [1.82, 2.24) is 10.3 Å². The van der Waals surface area contributed by atoms with E-state index < -0.39 is 6.36 Å². The van der Waals surface area contributed by atoms with Gasteiger partial charge in [0, 0.05) is 25.6 Å². The number of benzene rings is 2. The van der Waals surface area contributed by atoms with Crippen LogP contribution in [0.15, 0.2) is 42.5 Å². The second-order valence-corrected chi connectivity index (χ2v) is 8.51. The molecule has 0 atom stereocenters. The summed E-state index contributed by atoms with van der Waals surface area (Å²) in [7, 11) is 1.64. The van der Waals surface area contributed by atoms with E-state index in [4.69, 9.17) is 9.72 Å². The van der Waals surface area contributed by atoms with E-state index in [2.05, 4.69) is 15.0 Å². The summed E-state index contributed by atoms with van der Waals surface area (Å²) in [6, 6.07) is 11.3. The lowest BCUT2D eigenvalue weighted by molar-refractivity contribution is -0.274. The molecule has 6 nitrogen and oxygen atoms in total. The van der Waals surface area contributed by atoms with Gasteiger partial charge in [0.15, 0.2) is 5.13 Å². The van der Waals surface area contributed by atoms with Crippen LogP contribution in [0.4, 0.5) is 18.3 Å². The third-order valence-electron chi connectivity index (χ3n) is 5.34. The molecule has 1 fully saturated rings. The summed E-state index contributed by atoms with van der Waals surface area (Å²) in [6.07, 6.45) is -3.30. The second-order valence-electron chi connectivity index (χ2n) is 7.50. The van der Waals surface area contributed by atoms with Crippen molar-refractivity contribution in [2.75, 3.05) is 25.1 Å². The van der Waals surface area contributed by atoms with E-state index in [1.54, 1.807) is 18.4 Å². The van der Waals surface area contributed by atoms with Crippen molar-refractivity contribution < 1.29 is 27.4 Å².